The van der Waals surface area contributed by atoms with E-state index in [-0.39, 0.29) is 0 Å². The van der Waals surface area contributed by atoms with Crippen molar-refractivity contribution >= 4 is 10.9 Å². The predicted octanol–water partition coefficient (Wildman–Crippen LogP) is 4.31. The summed E-state index contributed by atoms with van der Waals surface area (Å²) in [4.78, 5) is 11.9. The van der Waals surface area contributed by atoms with Crippen LogP contribution in [0.25, 0.3) is 22.4 Å². The molecule has 0 bridgehead atoms. The maximum atomic E-state index is 5.45. The average Bonchev–Trinajstić information content (AvgIpc) is 3.36. The van der Waals surface area contributed by atoms with Crippen LogP contribution in [-0.2, 0) is 6.54 Å². The van der Waals surface area contributed by atoms with Crippen LogP contribution in [0.2, 0.25) is 0 Å². The summed E-state index contributed by atoms with van der Waals surface area (Å²) in [5.74, 6) is 2.15. The molecule has 0 amide bonds. The van der Waals surface area contributed by atoms with Crippen molar-refractivity contribution in [2.75, 3.05) is 13.1 Å². The maximum absolute atomic E-state index is 5.45. The monoisotopic (exact) mass is 402 g/mol. The van der Waals surface area contributed by atoms with E-state index in [9.17, 15) is 0 Å². The van der Waals surface area contributed by atoms with Gasteiger partial charge >= 0.3 is 0 Å². The third-order valence-corrected chi connectivity index (χ3v) is 6.22. The fraction of sp³-hybridized carbons (Fsp3) is 0.391. The van der Waals surface area contributed by atoms with Gasteiger partial charge in [0.1, 0.15) is 11.5 Å². The number of aromatic nitrogens is 5. The summed E-state index contributed by atoms with van der Waals surface area (Å²) >= 11 is 0. The van der Waals surface area contributed by atoms with Gasteiger partial charge in [-0.2, -0.15) is 5.10 Å². The van der Waals surface area contributed by atoms with E-state index in [4.69, 9.17) is 14.5 Å². The molecule has 7 heteroatoms. The van der Waals surface area contributed by atoms with Gasteiger partial charge in [-0.3, -0.25) is 10.00 Å². The van der Waals surface area contributed by atoms with Crippen LogP contribution in [0.3, 0.4) is 0 Å². The molecule has 1 N–H and O–H groups in total. The van der Waals surface area contributed by atoms with E-state index in [1.165, 1.54) is 5.69 Å². The van der Waals surface area contributed by atoms with E-state index in [1.54, 1.807) is 0 Å². The number of fused-ring (bicyclic) bond motifs is 1. The third kappa shape index (κ3) is 3.50. The highest BCUT2D eigenvalue weighted by Gasteiger charge is 2.24. The van der Waals surface area contributed by atoms with Crippen LogP contribution in [0.15, 0.2) is 34.9 Å². The molecule has 4 heterocycles. The lowest BCUT2D eigenvalue weighted by Gasteiger charge is -2.30. The van der Waals surface area contributed by atoms with Gasteiger partial charge in [0.05, 0.1) is 17.8 Å². The number of likely N-dealkylation sites (tertiary alicyclic amines) is 1. The molecule has 5 rings (SSSR count). The number of aryl methyl sites for hydroxylation is 2. The minimum Gasteiger partial charge on any atom is -0.354 e. The zero-order valence-electron chi connectivity index (χ0n) is 17.6. The maximum Gasteiger partial charge on any atom is 0.190 e. The first-order valence-electron chi connectivity index (χ1n) is 10.5. The Balaban J connectivity index is 1.24. The number of hydrogen-bond donors (Lipinski definition) is 1. The normalized spacial score (nSPS) is 15.8. The van der Waals surface area contributed by atoms with Crippen LogP contribution < -0.4 is 0 Å². The van der Waals surface area contributed by atoms with E-state index in [2.05, 4.69) is 45.4 Å². The number of H-pyrrole nitrogens is 1. The molecule has 1 aromatic carbocycles. The van der Waals surface area contributed by atoms with Gasteiger partial charge in [0.2, 0.25) is 0 Å². The number of hydrogen-bond acceptors (Lipinski definition) is 6. The number of para-hydroxylation sites is 1. The molecule has 1 aliphatic rings. The highest BCUT2D eigenvalue weighted by Crippen LogP contribution is 2.31. The first-order valence-corrected chi connectivity index (χ1v) is 10.5. The van der Waals surface area contributed by atoms with Crippen LogP contribution in [-0.4, -0.2) is 43.3 Å². The van der Waals surface area contributed by atoms with Crippen molar-refractivity contribution in [2.45, 2.75) is 46.1 Å². The standard InChI is InChI=1S/C23H26N6O/c1-14-15(2)28-30-23(14)21-12-20(26-27-21)17-8-10-29(11-9-17)13-22-24-16(3)18-6-4-5-7-19(18)25-22/h4-7,12,17H,8-11,13H2,1-3H3,(H,26,27). The number of aromatic amines is 1. The smallest absolute Gasteiger partial charge is 0.190 e. The Labute approximate surface area is 175 Å². The molecule has 154 valence electrons. The van der Waals surface area contributed by atoms with Crippen LogP contribution >= 0.6 is 0 Å². The van der Waals surface area contributed by atoms with E-state index < -0.39 is 0 Å². The topological polar surface area (TPSA) is 83.7 Å². The fourth-order valence-electron chi connectivity index (χ4n) is 4.28. The third-order valence-electron chi connectivity index (χ3n) is 6.22. The number of rotatable bonds is 4. The highest BCUT2D eigenvalue weighted by molar-refractivity contribution is 5.80. The zero-order valence-corrected chi connectivity index (χ0v) is 17.6. The predicted molar refractivity (Wildman–Crippen MR) is 115 cm³/mol. The summed E-state index contributed by atoms with van der Waals surface area (Å²) in [6.07, 6.45) is 2.17. The van der Waals surface area contributed by atoms with Gasteiger partial charge in [0, 0.05) is 28.3 Å². The van der Waals surface area contributed by atoms with Gasteiger partial charge < -0.3 is 4.52 Å². The molecule has 1 fully saturated rings. The van der Waals surface area contributed by atoms with Crippen LogP contribution in [0.5, 0.6) is 0 Å². The molecule has 30 heavy (non-hydrogen) atoms. The quantitative estimate of drug-likeness (QED) is 0.547. The van der Waals surface area contributed by atoms with E-state index in [0.717, 1.165) is 77.6 Å². The van der Waals surface area contributed by atoms with E-state index in [1.807, 2.05) is 26.0 Å². The number of piperidine rings is 1. The summed E-state index contributed by atoms with van der Waals surface area (Å²) in [5, 5.41) is 12.9. The average molecular weight is 403 g/mol. The molecule has 0 saturated carbocycles. The Bertz CT molecular complexity index is 1190. The lowest BCUT2D eigenvalue weighted by molar-refractivity contribution is 0.199. The second-order valence-electron chi connectivity index (χ2n) is 8.22. The van der Waals surface area contributed by atoms with Gasteiger partial charge in [-0.1, -0.05) is 23.4 Å². The second kappa shape index (κ2) is 7.65. The van der Waals surface area contributed by atoms with Crippen molar-refractivity contribution in [3.05, 3.63) is 58.8 Å². The van der Waals surface area contributed by atoms with Gasteiger partial charge in [0.25, 0.3) is 0 Å². The van der Waals surface area contributed by atoms with E-state index >= 15 is 0 Å². The first-order chi connectivity index (χ1) is 14.6. The lowest BCUT2D eigenvalue weighted by atomic mass is 9.93. The minimum absolute atomic E-state index is 0.478. The Kier molecular flexibility index (Phi) is 4.83. The second-order valence-corrected chi connectivity index (χ2v) is 8.22. The molecule has 0 unspecified atom stereocenters. The molecule has 4 aromatic rings. The summed E-state index contributed by atoms with van der Waals surface area (Å²) in [6.45, 7) is 8.87. The van der Waals surface area contributed by atoms with Gasteiger partial charge in [-0.15, -0.1) is 0 Å². The van der Waals surface area contributed by atoms with E-state index in [0.29, 0.717) is 5.92 Å². The molecular formula is C23H26N6O. The summed E-state index contributed by atoms with van der Waals surface area (Å²) in [5.41, 5.74) is 6.05. The molecular weight excluding hydrogens is 376 g/mol. The number of benzene rings is 1. The molecule has 7 nitrogen and oxygen atoms in total. The molecule has 0 atom stereocenters. The summed E-state index contributed by atoms with van der Waals surface area (Å²) in [6, 6.07) is 10.3. The van der Waals surface area contributed by atoms with Crippen molar-refractivity contribution < 1.29 is 4.52 Å². The Morgan fingerprint density at radius 3 is 2.63 bits per heavy atom. The molecule has 3 aromatic heterocycles. The van der Waals surface area contributed by atoms with Crippen molar-refractivity contribution in [3.8, 4) is 11.5 Å². The molecule has 0 aliphatic carbocycles. The van der Waals surface area contributed by atoms with Crippen LogP contribution in [0.1, 0.15) is 47.2 Å². The Hall–Kier alpha value is -3.06. The highest BCUT2D eigenvalue weighted by atomic mass is 16.5. The van der Waals surface area contributed by atoms with Crippen molar-refractivity contribution in [1.29, 1.82) is 0 Å². The summed E-state index contributed by atoms with van der Waals surface area (Å²) in [7, 11) is 0. The van der Waals surface area contributed by atoms with Gasteiger partial charge in [0.15, 0.2) is 5.76 Å². The zero-order chi connectivity index (χ0) is 20.7. The molecule has 1 saturated heterocycles. The molecule has 0 spiro atoms. The van der Waals surface area contributed by atoms with Crippen LogP contribution in [0, 0.1) is 20.8 Å². The molecule has 1 aliphatic heterocycles. The number of nitrogens with one attached hydrogen (secondary N) is 1. The first kappa shape index (κ1) is 18.9. The van der Waals surface area contributed by atoms with Gasteiger partial charge in [-0.25, -0.2) is 9.97 Å². The van der Waals surface area contributed by atoms with Crippen molar-refractivity contribution in [2.24, 2.45) is 0 Å². The van der Waals surface area contributed by atoms with Crippen LogP contribution in [0.4, 0.5) is 0 Å². The molecule has 0 radical (unpaired) electrons. The van der Waals surface area contributed by atoms with Crippen molar-refractivity contribution in [3.63, 3.8) is 0 Å². The fourth-order valence-corrected chi connectivity index (χ4v) is 4.28. The van der Waals surface area contributed by atoms with Crippen molar-refractivity contribution in [1.82, 2.24) is 30.2 Å². The van der Waals surface area contributed by atoms with Gasteiger partial charge in [-0.05, 0) is 58.8 Å². The largest absolute Gasteiger partial charge is 0.354 e. The Morgan fingerprint density at radius 1 is 1.07 bits per heavy atom. The summed E-state index contributed by atoms with van der Waals surface area (Å²) < 4.78 is 5.45. The minimum atomic E-state index is 0.478. The SMILES string of the molecule is Cc1noc(-c2cc(C3CCN(Cc4nc(C)c5ccccc5n4)CC3)[nH]n2)c1C. The lowest BCUT2D eigenvalue weighted by Crippen LogP contribution is -2.33. The number of nitrogens with zero attached hydrogens (tertiary/aromatic N) is 5. The Morgan fingerprint density at radius 2 is 1.87 bits per heavy atom.